The van der Waals surface area contributed by atoms with Crippen LogP contribution in [0.4, 0.5) is 0 Å². The molecule has 88 valence electrons. The Bertz CT molecular complexity index is 355. The number of rotatable bonds is 4. The smallest absolute Gasteiger partial charge is 0.0611 e. The molecule has 0 aromatic heterocycles. The zero-order chi connectivity index (χ0) is 11.6. The summed E-state index contributed by atoms with van der Waals surface area (Å²) in [6.07, 6.45) is 0.920. The highest BCUT2D eigenvalue weighted by Gasteiger charge is 2.22. The summed E-state index contributed by atoms with van der Waals surface area (Å²) in [5, 5.41) is 0.627. The molecule has 1 aliphatic heterocycles. The van der Waals surface area contributed by atoms with E-state index in [4.69, 9.17) is 10.5 Å². The van der Waals surface area contributed by atoms with Gasteiger partial charge in [-0.1, -0.05) is 18.2 Å². The second kappa shape index (κ2) is 4.78. The van der Waals surface area contributed by atoms with Crippen LogP contribution in [0.3, 0.4) is 0 Å². The lowest BCUT2D eigenvalue weighted by Gasteiger charge is -2.27. The molecular formula is C13H19NOS. The molecule has 1 aromatic carbocycles. The molecule has 1 fully saturated rings. The van der Waals surface area contributed by atoms with Gasteiger partial charge in [0.2, 0.25) is 0 Å². The van der Waals surface area contributed by atoms with E-state index in [1.54, 1.807) is 0 Å². The van der Waals surface area contributed by atoms with E-state index >= 15 is 0 Å². The molecule has 2 nitrogen and oxygen atoms in total. The monoisotopic (exact) mass is 237 g/mol. The Morgan fingerprint density at radius 2 is 2.06 bits per heavy atom. The fourth-order valence-corrected chi connectivity index (χ4v) is 2.85. The lowest BCUT2D eigenvalue weighted by Crippen LogP contribution is -2.35. The Kier molecular flexibility index (Phi) is 3.57. The van der Waals surface area contributed by atoms with Gasteiger partial charge in [0.15, 0.2) is 0 Å². The molecule has 1 heterocycles. The van der Waals surface area contributed by atoms with Gasteiger partial charge in [0.05, 0.1) is 18.5 Å². The Hall–Kier alpha value is -0.510. The summed E-state index contributed by atoms with van der Waals surface area (Å²) in [5.74, 6) is 0. The lowest BCUT2D eigenvalue weighted by molar-refractivity contribution is 0.0455. The molecule has 0 bridgehead atoms. The molecule has 0 unspecified atom stereocenters. The van der Waals surface area contributed by atoms with Crippen LogP contribution in [-0.4, -0.2) is 24.0 Å². The number of nitrogens with two attached hydrogens (primary N) is 1. The zero-order valence-corrected chi connectivity index (χ0v) is 10.7. The number of ether oxygens (including phenoxy) is 1. The fraction of sp³-hybridized carbons (Fsp3) is 0.538. The van der Waals surface area contributed by atoms with E-state index in [9.17, 15) is 0 Å². The third-order valence-corrected chi connectivity index (χ3v) is 3.78. The van der Waals surface area contributed by atoms with Crippen molar-refractivity contribution < 1.29 is 4.74 Å². The van der Waals surface area contributed by atoms with Gasteiger partial charge in [0.1, 0.15) is 0 Å². The number of hydrogen-bond donors (Lipinski definition) is 1. The summed E-state index contributed by atoms with van der Waals surface area (Å²) < 4.78 is 5.20. The van der Waals surface area contributed by atoms with Gasteiger partial charge >= 0.3 is 0 Å². The van der Waals surface area contributed by atoms with Crippen LogP contribution in [-0.2, 0) is 11.2 Å². The molecule has 0 atom stereocenters. The van der Waals surface area contributed by atoms with Gasteiger partial charge in [0.25, 0.3) is 0 Å². The molecule has 0 aliphatic carbocycles. The minimum Gasteiger partial charge on any atom is -0.379 e. The van der Waals surface area contributed by atoms with Crippen molar-refractivity contribution in [2.24, 2.45) is 5.73 Å². The number of benzene rings is 1. The van der Waals surface area contributed by atoms with Gasteiger partial charge in [-0.25, -0.2) is 0 Å². The number of thioether (sulfide) groups is 1. The fourth-order valence-electron chi connectivity index (χ4n) is 1.72. The highest BCUT2D eigenvalue weighted by Crippen LogP contribution is 2.31. The van der Waals surface area contributed by atoms with Crippen LogP contribution < -0.4 is 5.73 Å². The lowest BCUT2D eigenvalue weighted by atomic mass is 9.96. The maximum atomic E-state index is 6.08. The van der Waals surface area contributed by atoms with E-state index < -0.39 is 0 Å². The van der Waals surface area contributed by atoms with Crippen LogP contribution in [0.2, 0.25) is 0 Å². The summed E-state index contributed by atoms with van der Waals surface area (Å²) in [5.41, 5.74) is 7.29. The molecule has 2 N–H and O–H groups in total. The SMILES string of the molecule is CC(C)(N)Cc1ccccc1SC1COC1. The molecule has 1 aromatic rings. The van der Waals surface area contributed by atoms with Crippen LogP contribution >= 0.6 is 11.8 Å². The maximum Gasteiger partial charge on any atom is 0.0611 e. The van der Waals surface area contributed by atoms with Crippen molar-refractivity contribution in [1.82, 2.24) is 0 Å². The Balaban J connectivity index is 2.09. The molecule has 2 rings (SSSR count). The molecular weight excluding hydrogens is 218 g/mol. The summed E-state index contributed by atoms with van der Waals surface area (Å²) in [6, 6.07) is 8.54. The first-order chi connectivity index (χ1) is 7.54. The normalized spacial score (nSPS) is 17.2. The van der Waals surface area contributed by atoms with Crippen molar-refractivity contribution in [2.75, 3.05) is 13.2 Å². The van der Waals surface area contributed by atoms with Crippen molar-refractivity contribution in [3.63, 3.8) is 0 Å². The van der Waals surface area contributed by atoms with Crippen LogP contribution in [0, 0.1) is 0 Å². The molecule has 0 spiro atoms. The van der Waals surface area contributed by atoms with Crippen LogP contribution in [0.1, 0.15) is 19.4 Å². The molecule has 0 saturated carbocycles. The predicted molar refractivity (Wildman–Crippen MR) is 68.9 cm³/mol. The van der Waals surface area contributed by atoms with E-state index in [-0.39, 0.29) is 5.54 Å². The second-order valence-corrected chi connectivity index (χ2v) is 6.39. The van der Waals surface area contributed by atoms with Gasteiger partial charge in [-0.3, -0.25) is 0 Å². The average molecular weight is 237 g/mol. The van der Waals surface area contributed by atoms with Crippen LogP contribution in [0.25, 0.3) is 0 Å². The zero-order valence-electron chi connectivity index (χ0n) is 9.90. The quantitative estimate of drug-likeness (QED) is 0.873. The topological polar surface area (TPSA) is 35.2 Å². The van der Waals surface area contributed by atoms with Gasteiger partial charge in [-0.15, -0.1) is 11.8 Å². The molecule has 16 heavy (non-hydrogen) atoms. The number of hydrogen-bond acceptors (Lipinski definition) is 3. The molecule has 0 amide bonds. The third kappa shape index (κ3) is 3.24. The van der Waals surface area contributed by atoms with Gasteiger partial charge in [0, 0.05) is 10.4 Å². The third-order valence-electron chi connectivity index (χ3n) is 2.52. The summed E-state index contributed by atoms with van der Waals surface area (Å²) >= 11 is 1.92. The van der Waals surface area contributed by atoms with E-state index in [1.807, 2.05) is 11.8 Å². The average Bonchev–Trinajstić information content (AvgIpc) is 2.11. The largest absolute Gasteiger partial charge is 0.379 e. The highest BCUT2D eigenvalue weighted by molar-refractivity contribution is 8.00. The van der Waals surface area contributed by atoms with E-state index in [0.29, 0.717) is 5.25 Å². The van der Waals surface area contributed by atoms with Gasteiger partial charge in [-0.05, 0) is 31.9 Å². The predicted octanol–water partition coefficient (Wildman–Crippen LogP) is 2.46. The van der Waals surface area contributed by atoms with E-state index in [2.05, 4.69) is 38.1 Å². The first kappa shape index (κ1) is 12.0. The first-order valence-electron chi connectivity index (χ1n) is 5.66. The standard InChI is InChI=1S/C13H19NOS/c1-13(2,14)7-10-5-3-4-6-12(10)16-11-8-15-9-11/h3-6,11H,7-9,14H2,1-2H3. The maximum absolute atomic E-state index is 6.08. The van der Waals surface area contributed by atoms with Gasteiger partial charge < -0.3 is 10.5 Å². The van der Waals surface area contributed by atoms with Crippen LogP contribution in [0.5, 0.6) is 0 Å². The van der Waals surface area contributed by atoms with Crippen molar-refractivity contribution >= 4 is 11.8 Å². The molecule has 1 saturated heterocycles. The summed E-state index contributed by atoms with van der Waals surface area (Å²) in [6.45, 7) is 5.90. The van der Waals surface area contributed by atoms with Crippen molar-refractivity contribution in [3.05, 3.63) is 29.8 Å². The minimum atomic E-state index is -0.146. The summed E-state index contributed by atoms with van der Waals surface area (Å²) in [7, 11) is 0. The van der Waals surface area contributed by atoms with Crippen molar-refractivity contribution in [3.8, 4) is 0 Å². The first-order valence-corrected chi connectivity index (χ1v) is 6.54. The Morgan fingerprint density at radius 3 is 2.62 bits per heavy atom. The highest BCUT2D eigenvalue weighted by atomic mass is 32.2. The van der Waals surface area contributed by atoms with E-state index in [1.165, 1.54) is 10.5 Å². The minimum absolute atomic E-state index is 0.146. The molecule has 3 heteroatoms. The molecule has 0 radical (unpaired) electrons. The Morgan fingerprint density at radius 1 is 1.38 bits per heavy atom. The summed E-state index contributed by atoms with van der Waals surface area (Å²) in [4.78, 5) is 1.36. The van der Waals surface area contributed by atoms with Crippen molar-refractivity contribution in [2.45, 2.75) is 36.0 Å². The Labute approximate surface area is 102 Å². The van der Waals surface area contributed by atoms with E-state index in [0.717, 1.165) is 19.6 Å². The van der Waals surface area contributed by atoms with Crippen molar-refractivity contribution in [1.29, 1.82) is 0 Å². The van der Waals surface area contributed by atoms with Gasteiger partial charge in [-0.2, -0.15) is 0 Å². The van der Waals surface area contributed by atoms with Crippen LogP contribution in [0.15, 0.2) is 29.2 Å². The molecule has 1 aliphatic rings. The second-order valence-electron chi connectivity index (χ2n) is 5.05.